The van der Waals surface area contributed by atoms with Gasteiger partial charge in [0.2, 0.25) is 0 Å². The van der Waals surface area contributed by atoms with Crippen LogP contribution in [0.25, 0.3) is 0 Å². The van der Waals surface area contributed by atoms with Gasteiger partial charge in [-0.1, -0.05) is 0 Å². The van der Waals surface area contributed by atoms with Gasteiger partial charge in [-0.05, 0) is 0 Å². The second kappa shape index (κ2) is 7.53. The van der Waals surface area contributed by atoms with E-state index < -0.39 is 28.4 Å². The summed E-state index contributed by atoms with van der Waals surface area (Å²) in [5, 5.41) is 37.6. The van der Waals surface area contributed by atoms with E-state index in [1.807, 2.05) is 0 Å². The molecule has 0 aliphatic heterocycles. The smallest absolute Gasteiger partial charge is 0.338 e. The van der Waals surface area contributed by atoms with Crippen LogP contribution >= 0.6 is 11.8 Å². The molecule has 6 N–H and O–H groups in total. The fraction of sp³-hybridized carbons (Fsp3) is 0.667. The third-order valence-corrected chi connectivity index (χ3v) is 3.28. The van der Waals surface area contributed by atoms with Crippen LogP contribution < -0.4 is 17.1 Å². The second-order valence-electron chi connectivity index (χ2n) is 3.77. The van der Waals surface area contributed by atoms with E-state index in [-0.39, 0.29) is 30.1 Å². The molecule has 1 unspecified atom stereocenters. The van der Waals surface area contributed by atoms with Gasteiger partial charge in [-0.15, -0.1) is 11.8 Å². The van der Waals surface area contributed by atoms with Crippen molar-refractivity contribution in [3.8, 4) is 0 Å². The molecule has 0 spiro atoms. The van der Waals surface area contributed by atoms with E-state index in [4.69, 9.17) is 9.84 Å². The Kier molecular flexibility index (Phi) is 6.32. The highest BCUT2D eigenvalue weighted by molar-refractivity contribution is 7.99. The third kappa shape index (κ3) is 4.52. The molecule has 0 aliphatic carbocycles. The first-order valence-corrected chi connectivity index (χ1v) is 6.74. The number of H-pyrrole nitrogens is 2. The number of hydrogen-bond acceptors (Lipinski definition) is 9. The second-order valence-corrected chi connectivity index (χ2v) is 4.96. The first kappa shape index (κ1) is 17.6. The molecule has 0 saturated heterocycles. The summed E-state index contributed by atoms with van der Waals surface area (Å²) in [6, 6.07) is 0. The van der Waals surface area contributed by atoms with Gasteiger partial charge in [0.1, 0.15) is 0 Å². The zero-order valence-corrected chi connectivity index (χ0v) is 11.5. The number of hydrogen-bond donors (Lipinski definition) is 6. The molecule has 11 nitrogen and oxygen atoms in total. The van der Waals surface area contributed by atoms with E-state index in [1.165, 1.54) is 0 Å². The van der Waals surface area contributed by atoms with Crippen LogP contribution in [0.5, 0.6) is 0 Å². The molecule has 0 saturated carbocycles. The molecule has 0 amide bonds. The summed E-state index contributed by atoms with van der Waals surface area (Å²) < 4.78 is 4.76. The van der Waals surface area contributed by atoms with E-state index in [1.54, 1.807) is 9.97 Å². The SMILES string of the molecule is O=c1[nH]c(=O)n(C(O)(O)C(O)SCCOCCO)c(=O)[nH]1. The molecular formula is C9H15N3O8S. The van der Waals surface area contributed by atoms with Gasteiger partial charge in [-0.3, -0.25) is 9.97 Å². The summed E-state index contributed by atoms with van der Waals surface area (Å²) >= 11 is 0.595. The van der Waals surface area contributed by atoms with Crippen molar-refractivity contribution in [2.45, 2.75) is 11.3 Å². The maximum absolute atomic E-state index is 11.4. The molecule has 1 atom stereocenters. The molecule has 0 fully saturated rings. The molecule has 120 valence electrons. The standard InChI is InChI=1S/C9H15N3O8S/c13-1-2-20-3-4-21-5(14)9(18,19)12-7(16)10-6(15)11-8(12)17/h5,13-14,18-19H,1-4H2,(H2,10,11,15,16,17). The predicted molar refractivity (Wildman–Crippen MR) is 70.7 cm³/mol. The monoisotopic (exact) mass is 325 g/mol. The summed E-state index contributed by atoms with van der Waals surface area (Å²) in [4.78, 5) is 36.9. The van der Waals surface area contributed by atoms with Crippen LogP contribution in [0.1, 0.15) is 0 Å². The largest absolute Gasteiger partial charge is 0.394 e. The van der Waals surface area contributed by atoms with Crippen LogP contribution in [0.15, 0.2) is 14.4 Å². The van der Waals surface area contributed by atoms with Crippen molar-refractivity contribution in [2.75, 3.05) is 25.6 Å². The Morgan fingerprint density at radius 3 is 2.29 bits per heavy atom. The number of rotatable bonds is 8. The fourth-order valence-electron chi connectivity index (χ4n) is 1.34. The Morgan fingerprint density at radius 1 is 1.19 bits per heavy atom. The minimum absolute atomic E-state index is 0.0824. The lowest BCUT2D eigenvalue weighted by atomic mass is 10.5. The zero-order chi connectivity index (χ0) is 16.0. The highest BCUT2D eigenvalue weighted by Gasteiger charge is 2.39. The summed E-state index contributed by atoms with van der Waals surface area (Å²) in [5.74, 6) is -3.13. The molecule has 1 aromatic rings. The minimum atomic E-state index is -3.23. The van der Waals surface area contributed by atoms with Gasteiger partial charge >= 0.3 is 17.1 Å². The predicted octanol–water partition coefficient (Wildman–Crippen LogP) is -4.12. The zero-order valence-electron chi connectivity index (χ0n) is 10.7. The van der Waals surface area contributed by atoms with Gasteiger partial charge in [0, 0.05) is 5.75 Å². The van der Waals surface area contributed by atoms with Gasteiger partial charge in [-0.25, -0.2) is 14.4 Å². The molecular weight excluding hydrogens is 310 g/mol. The van der Waals surface area contributed by atoms with Crippen LogP contribution in [-0.4, -0.2) is 66.0 Å². The number of aliphatic hydroxyl groups is 4. The number of thioether (sulfide) groups is 1. The molecule has 12 heteroatoms. The van der Waals surface area contributed by atoms with Crippen LogP contribution in [0.4, 0.5) is 0 Å². The minimum Gasteiger partial charge on any atom is -0.394 e. The summed E-state index contributed by atoms with van der Waals surface area (Å²) in [5.41, 5.74) is -5.84. The van der Waals surface area contributed by atoms with Crippen molar-refractivity contribution in [1.82, 2.24) is 14.5 Å². The van der Waals surface area contributed by atoms with Crippen molar-refractivity contribution in [3.05, 3.63) is 31.5 Å². The first-order chi connectivity index (χ1) is 9.80. The third-order valence-electron chi connectivity index (χ3n) is 2.25. The van der Waals surface area contributed by atoms with Gasteiger partial charge in [0.15, 0.2) is 5.44 Å². The Hall–Kier alpha value is -1.44. The van der Waals surface area contributed by atoms with E-state index in [0.717, 1.165) is 0 Å². The van der Waals surface area contributed by atoms with Crippen LogP contribution in [-0.2, 0) is 10.6 Å². The molecule has 1 heterocycles. The quantitative estimate of drug-likeness (QED) is 0.204. The van der Waals surface area contributed by atoms with Crippen LogP contribution in [0.3, 0.4) is 0 Å². The average Bonchev–Trinajstić information content (AvgIpc) is 2.36. The number of ether oxygens (including phenoxy) is 1. The Morgan fingerprint density at radius 2 is 1.76 bits per heavy atom. The average molecular weight is 325 g/mol. The maximum atomic E-state index is 11.4. The summed E-state index contributed by atoms with van der Waals surface area (Å²) in [7, 11) is 0. The number of aliphatic hydroxyl groups excluding tert-OH is 2. The maximum Gasteiger partial charge on any atom is 0.338 e. The van der Waals surface area contributed by atoms with Crippen LogP contribution in [0, 0.1) is 0 Å². The first-order valence-electron chi connectivity index (χ1n) is 5.70. The number of aromatic nitrogens is 3. The molecule has 0 aromatic carbocycles. The summed E-state index contributed by atoms with van der Waals surface area (Å²) in [6.45, 7) is -0.00630. The van der Waals surface area contributed by atoms with E-state index in [2.05, 4.69) is 0 Å². The van der Waals surface area contributed by atoms with Crippen molar-refractivity contribution in [1.29, 1.82) is 0 Å². The van der Waals surface area contributed by atoms with Gasteiger partial charge in [0.25, 0.3) is 5.91 Å². The van der Waals surface area contributed by atoms with Crippen molar-refractivity contribution >= 4 is 11.8 Å². The fourth-order valence-corrected chi connectivity index (χ4v) is 2.10. The molecule has 0 radical (unpaired) electrons. The molecule has 1 rings (SSSR count). The lowest BCUT2D eigenvalue weighted by molar-refractivity contribution is -0.266. The Bertz CT molecular complexity index is 586. The molecule has 21 heavy (non-hydrogen) atoms. The highest BCUT2D eigenvalue weighted by Crippen LogP contribution is 2.21. The lowest BCUT2D eigenvalue weighted by Crippen LogP contribution is -2.57. The summed E-state index contributed by atoms with van der Waals surface area (Å²) in [6.07, 6.45) is 0. The van der Waals surface area contributed by atoms with Gasteiger partial charge in [0.05, 0.1) is 19.8 Å². The number of nitrogens with one attached hydrogen (secondary N) is 2. The number of nitrogens with zero attached hydrogens (tertiary/aromatic N) is 1. The van der Waals surface area contributed by atoms with E-state index in [0.29, 0.717) is 11.8 Å². The van der Waals surface area contributed by atoms with Crippen molar-refractivity contribution in [3.63, 3.8) is 0 Å². The van der Waals surface area contributed by atoms with Crippen molar-refractivity contribution in [2.24, 2.45) is 0 Å². The Balaban J connectivity index is 2.83. The van der Waals surface area contributed by atoms with Gasteiger partial charge in [-0.2, -0.15) is 4.57 Å². The van der Waals surface area contributed by atoms with Gasteiger partial charge < -0.3 is 25.2 Å². The Labute approximate surface area is 120 Å². The normalized spacial score (nSPS) is 13.3. The van der Waals surface area contributed by atoms with Crippen LogP contribution in [0.2, 0.25) is 0 Å². The topological polar surface area (TPSA) is 178 Å². The van der Waals surface area contributed by atoms with E-state index >= 15 is 0 Å². The molecule has 1 aromatic heterocycles. The highest BCUT2D eigenvalue weighted by atomic mass is 32.2. The lowest BCUT2D eigenvalue weighted by Gasteiger charge is -2.26. The number of aromatic amines is 2. The molecule has 0 aliphatic rings. The van der Waals surface area contributed by atoms with E-state index in [9.17, 15) is 29.7 Å². The van der Waals surface area contributed by atoms with Crippen molar-refractivity contribution < 1.29 is 25.2 Å². The molecule has 0 bridgehead atoms.